The van der Waals surface area contributed by atoms with Crippen LogP contribution in [0.5, 0.6) is 0 Å². The van der Waals surface area contributed by atoms with Gasteiger partial charge in [0, 0.05) is 6.04 Å². The predicted molar refractivity (Wildman–Crippen MR) is 56.8 cm³/mol. The van der Waals surface area contributed by atoms with Crippen molar-refractivity contribution in [3.05, 3.63) is 0 Å². The summed E-state index contributed by atoms with van der Waals surface area (Å²) >= 11 is 0. The van der Waals surface area contributed by atoms with Crippen molar-refractivity contribution in [2.24, 2.45) is 5.92 Å². The molecule has 3 atom stereocenters. The highest BCUT2D eigenvalue weighted by molar-refractivity contribution is 5.85. The van der Waals surface area contributed by atoms with Gasteiger partial charge >= 0.3 is 5.97 Å². The Hall–Kier alpha value is -0.280. The maximum atomic E-state index is 10.9. The van der Waals surface area contributed by atoms with Crippen molar-refractivity contribution < 1.29 is 9.90 Å². The van der Waals surface area contributed by atoms with Crippen molar-refractivity contribution >= 4 is 18.4 Å². The van der Waals surface area contributed by atoms with E-state index in [1.54, 1.807) is 0 Å². The number of rotatable bonds is 1. The van der Waals surface area contributed by atoms with E-state index in [1.165, 1.54) is 25.7 Å². The van der Waals surface area contributed by atoms with E-state index >= 15 is 0 Å². The van der Waals surface area contributed by atoms with Crippen molar-refractivity contribution in [2.75, 3.05) is 7.05 Å². The second-order valence-electron chi connectivity index (χ2n) is 4.37. The Morgan fingerprint density at radius 2 is 2.00 bits per heavy atom. The Balaban J connectivity index is 0.000000980. The molecule has 1 saturated heterocycles. The summed E-state index contributed by atoms with van der Waals surface area (Å²) in [6.07, 6.45) is 5.87. The number of aliphatic carboxylic acids is 1. The maximum Gasteiger partial charge on any atom is 0.320 e. The average Bonchev–Trinajstić information content (AvgIpc) is 2.45. The van der Waals surface area contributed by atoms with Crippen molar-refractivity contribution in [2.45, 2.75) is 44.2 Å². The predicted octanol–water partition coefficient (Wildman–Crippen LogP) is 1.76. The molecule has 1 N–H and O–H groups in total. The fraction of sp³-hybridized carbons (Fsp3) is 0.900. The molecule has 0 amide bonds. The number of carboxylic acids is 1. The first kappa shape index (κ1) is 11.8. The highest BCUT2D eigenvalue weighted by Crippen LogP contribution is 2.38. The van der Waals surface area contributed by atoms with Gasteiger partial charge in [-0.3, -0.25) is 9.69 Å². The minimum Gasteiger partial charge on any atom is -0.480 e. The Labute approximate surface area is 90.9 Å². The molecule has 3 unspecified atom stereocenters. The highest BCUT2D eigenvalue weighted by Gasteiger charge is 2.42. The number of hydrogen-bond acceptors (Lipinski definition) is 2. The fourth-order valence-corrected chi connectivity index (χ4v) is 2.96. The number of halogens is 1. The third-order valence-corrected chi connectivity index (χ3v) is 3.69. The van der Waals surface area contributed by atoms with Gasteiger partial charge in [-0.15, -0.1) is 12.4 Å². The summed E-state index contributed by atoms with van der Waals surface area (Å²) in [5.74, 6) is 0.0109. The number of nitrogens with zero attached hydrogens (tertiary/aromatic N) is 1. The van der Waals surface area contributed by atoms with Crippen LogP contribution in [-0.2, 0) is 4.79 Å². The summed E-state index contributed by atoms with van der Waals surface area (Å²) in [5, 5.41) is 8.99. The third-order valence-electron chi connectivity index (χ3n) is 3.69. The smallest absolute Gasteiger partial charge is 0.320 e. The fourth-order valence-electron chi connectivity index (χ4n) is 2.96. The van der Waals surface area contributed by atoms with Crippen molar-refractivity contribution in [1.82, 2.24) is 4.90 Å². The largest absolute Gasteiger partial charge is 0.480 e. The number of likely N-dealkylation sites (tertiary alicyclic amines) is 1. The van der Waals surface area contributed by atoms with Crippen LogP contribution in [0, 0.1) is 5.92 Å². The number of fused-ring (bicyclic) bond motifs is 1. The molecule has 0 spiro atoms. The molecule has 0 aromatic heterocycles. The summed E-state index contributed by atoms with van der Waals surface area (Å²) in [6.45, 7) is 0. The lowest BCUT2D eigenvalue weighted by Gasteiger charge is -2.29. The van der Waals surface area contributed by atoms with Crippen LogP contribution in [0.2, 0.25) is 0 Å². The van der Waals surface area contributed by atoms with E-state index in [2.05, 4.69) is 4.90 Å². The van der Waals surface area contributed by atoms with Gasteiger partial charge in [0.05, 0.1) is 0 Å². The lowest BCUT2D eigenvalue weighted by Crippen LogP contribution is -2.38. The molecule has 1 saturated carbocycles. The Morgan fingerprint density at radius 1 is 1.36 bits per heavy atom. The molecular formula is C10H18ClNO2. The number of carboxylic acid groups (broad SMARTS) is 1. The molecule has 2 fully saturated rings. The van der Waals surface area contributed by atoms with E-state index in [0.29, 0.717) is 12.0 Å². The van der Waals surface area contributed by atoms with Crippen LogP contribution in [0.15, 0.2) is 0 Å². The minimum atomic E-state index is -0.642. The monoisotopic (exact) mass is 219 g/mol. The van der Waals surface area contributed by atoms with E-state index in [-0.39, 0.29) is 18.4 Å². The summed E-state index contributed by atoms with van der Waals surface area (Å²) < 4.78 is 0. The van der Waals surface area contributed by atoms with Crippen molar-refractivity contribution in [1.29, 1.82) is 0 Å². The number of likely N-dealkylation sites (N-methyl/N-ethyl adjacent to an activating group) is 1. The summed E-state index contributed by atoms with van der Waals surface area (Å²) in [5.41, 5.74) is 0. The highest BCUT2D eigenvalue weighted by atomic mass is 35.5. The summed E-state index contributed by atoms with van der Waals surface area (Å²) in [6, 6.07) is 0.336. The Morgan fingerprint density at radius 3 is 2.57 bits per heavy atom. The molecule has 3 nitrogen and oxygen atoms in total. The summed E-state index contributed by atoms with van der Waals surface area (Å²) in [4.78, 5) is 13.0. The average molecular weight is 220 g/mol. The molecule has 4 heteroatoms. The van der Waals surface area contributed by atoms with Crippen LogP contribution in [0.3, 0.4) is 0 Å². The summed E-state index contributed by atoms with van der Waals surface area (Å²) in [7, 11) is 1.97. The van der Waals surface area contributed by atoms with E-state index in [4.69, 9.17) is 5.11 Å². The number of carbonyl (C=O) groups is 1. The SMILES string of the molecule is CN1C(C(=O)O)CC2CCCCC21.Cl. The molecular weight excluding hydrogens is 202 g/mol. The minimum absolute atomic E-state index is 0. The molecule has 0 aromatic carbocycles. The second kappa shape index (κ2) is 4.49. The van der Waals surface area contributed by atoms with Crippen LogP contribution in [0.25, 0.3) is 0 Å². The second-order valence-corrected chi connectivity index (χ2v) is 4.37. The van der Waals surface area contributed by atoms with Gasteiger partial charge in [0.15, 0.2) is 0 Å². The van der Waals surface area contributed by atoms with Gasteiger partial charge in [-0.05, 0) is 32.2 Å². The van der Waals surface area contributed by atoms with Gasteiger partial charge < -0.3 is 5.11 Å². The van der Waals surface area contributed by atoms with Gasteiger partial charge in [0.2, 0.25) is 0 Å². The molecule has 2 rings (SSSR count). The Bertz CT molecular complexity index is 222. The molecule has 0 aromatic rings. The molecule has 1 aliphatic heterocycles. The van der Waals surface area contributed by atoms with Gasteiger partial charge in [-0.1, -0.05) is 12.8 Å². The first-order valence-electron chi connectivity index (χ1n) is 5.15. The van der Waals surface area contributed by atoms with Gasteiger partial charge in [-0.25, -0.2) is 0 Å². The van der Waals surface area contributed by atoms with Crippen LogP contribution in [0.1, 0.15) is 32.1 Å². The maximum absolute atomic E-state index is 10.9. The molecule has 82 valence electrons. The van der Waals surface area contributed by atoms with Gasteiger partial charge in [0.25, 0.3) is 0 Å². The van der Waals surface area contributed by atoms with Crippen LogP contribution in [0.4, 0.5) is 0 Å². The molecule has 1 aliphatic carbocycles. The van der Waals surface area contributed by atoms with Crippen LogP contribution >= 0.6 is 12.4 Å². The van der Waals surface area contributed by atoms with Gasteiger partial charge in [0.1, 0.15) is 6.04 Å². The van der Waals surface area contributed by atoms with E-state index in [9.17, 15) is 4.79 Å². The topological polar surface area (TPSA) is 40.5 Å². The van der Waals surface area contributed by atoms with Crippen LogP contribution in [-0.4, -0.2) is 35.1 Å². The van der Waals surface area contributed by atoms with Crippen LogP contribution < -0.4 is 0 Å². The van der Waals surface area contributed by atoms with E-state index < -0.39 is 5.97 Å². The molecule has 0 bridgehead atoms. The molecule has 2 aliphatic rings. The standard InChI is InChI=1S/C10H17NO2.ClH/c1-11-8-5-3-2-4-7(8)6-9(11)10(12)13;/h7-9H,2-6H2,1H3,(H,12,13);1H. The normalized spacial score (nSPS) is 37.4. The molecule has 1 heterocycles. The van der Waals surface area contributed by atoms with Crippen molar-refractivity contribution in [3.63, 3.8) is 0 Å². The number of hydrogen-bond donors (Lipinski definition) is 1. The first-order valence-corrected chi connectivity index (χ1v) is 5.15. The quantitative estimate of drug-likeness (QED) is 0.731. The lowest BCUT2D eigenvalue weighted by atomic mass is 9.85. The first-order chi connectivity index (χ1) is 6.20. The van der Waals surface area contributed by atoms with Gasteiger partial charge in [-0.2, -0.15) is 0 Å². The van der Waals surface area contributed by atoms with E-state index in [1.807, 2.05) is 7.05 Å². The lowest BCUT2D eigenvalue weighted by molar-refractivity contribution is -0.142. The van der Waals surface area contributed by atoms with E-state index in [0.717, 1.165) is 6.42 Å². The molecule has 0 radical (unpaired) electrons. The zero-order chi connectivity index (χ0) is 9.42. The Kier molecular flexibility index (Phi) is 3.78. The molecule has 14 heavy (non-hydrogen) atoms. The zero-order valence-electron chi connectivity index (χ0n) is 8.48. The zero-order valence-corrected chi connectivity index (χ0v) is 9.30. The van der Waals surface area contributed by atoms with Crippen molar-refractivity contribution in [3.8, 4) is 0 Å². The third kappa shape index (κ3) is 1.89.